The maximum Gasteiger partial charge on any atom is 0.392 e. The van der Waals surface area contributed by atoms with Gasteiger partial charge in [0.25, 0.3) is 0 Å². The van der Waals surface area contributed by atoms with Crippen LogP contribution in [0.3, 0.4) is 0 Å². The Bertz CT molecular complexity index is 356. The van der Waals surface area contributed by atoms with Crippen molar-refractivity contribution < 1.29 is 13.2 Å². The molecule has 1 aromatic heterocycles. The molecular formula is C10H10ClF3S. The molecule has 0 radical (unpaired) electrons. The molecule has 0 aliphatic heterocycles. The zero-order chi connectivity index (χ0) is 11.1. The zero-order valence-electron chi connectivity index (χ0n) is 7.90. The van der Waals surface area contributed by atoms with Gasteiger partial charge in [-0.25, -0.2) is 0 Å². The first kappa shape index (κ1) is 11.3. The molecule has 0 nitrogen and oxygen atoms in total. The lowest BCUT2D eigenvalue weighted by molar-refractivity contribution is -0.176. The summed E-state index contributed by atoms with van der Waals surface area (Å²) < 4.78 is 37.5. The maximum atomic E-state index is 12.5. The van der Waals surface area contributed by atoms with E-state index in [-0.39, 0.29) is 12.8 Å². The molecule has 5 heteroatoms. The van der Waals surface area contributed by atoms with E-state index in [1.165, 1.54) is 11.3 Å². The quantitative estimate of drug-likeness (QED) is 0.661. The molecule has 0 saturated carbocycles. The van der Waals surface area contributed by atoms with Crippen molar-refractivity contribution in [1.82, 2.24) is 0 Å². The van der Waals surface area contributed by atoms with Gasteiger partial charge in [-0.05, 0) is 35.8 Å². The lowest BCUT2D eigenvalue weighted by Crippen LogP contribution is -2.28. The Labute approximate surface area is 95.1 Å². The molecule has 15 heavy (non-hydrogen) atoms. The Morgan fingerprint density at radius 1 is 1.47 bits per heavy atom. The highest BCUT2D eigenvalue weighted by molar-refractivity contribution is 7.10. The van der Waals surface area contributed by atoms with Gasteiger partial charge in [-0.1, -0.05) is 0 Å². The third-order valence-electron chi connectivity index (χ3n) is 2.85. The Morgan fingerprint density at radius 3 is 2.80 bits per heavy atom. The third kappa shape index (κ3) is 2.16. The summed E-state index contributed by atoms with van der Waals surface area (Å²) in [6.07, 6.45) is -3.19. The van der Waals surface area contributed by atoms with Crippen LogP contribution in [0.1, 0.15) is 22.4 Å². The Balaban J connectivity index is 2.21. The standard InChI is InChI=1S/C10H10ClF3S/c11-4-6-5-15-9-3-7(10(12,13)14)1-2-8(6)9/h5,7H,1-4H2. The summed E-state index contributed by atoms with van der Waals surface area (Å²) in [7, 11) is 0. The number of halogens is 4. The van der Waals surface area contributed by atoms with Crippen LogP contribution in [-0.2, 0) is 18.7 Å². The van der Waals surface area contributed by atoms with Crippen LogP contribution in [0.15, 0.2) is 5.38 Å². The summed E-state index contributed by atoms with van der Waals surface area (Å²) in [5.41, 5.74) is 2.08. The van der Waals surface area contributed by atoms with Crippen molar-refractivity contribution >= 4 is 22.9 Å². The van der Waals surface area contributed by atoms with E-state index in [4.69, 9.17) is 11.6 Å². The van der Waals surface area contributed by atoms with Crippen LogP contribution in [0.25, 0.3) is 0 Å². The number of hydrogen-bond donors (Lipinski definition) is 0. The van der Waals surface area contributed by atoms with Crippen LogP contribution in [0.5, 0.6) is 0 Å². The van der Waals surface area contributed by atoms with Crippen LogP contribution in [0.2, 0.25) is 0 Å². The summed E-state index contributed by atoms with van der Waals surface area (Å²) in [4.78, 5) is 0.874. The highest BCUT2D eigenvalue weighted by atomic mass is 35.5. The molecule has 0 spiro atoms. The van der Waals surface area contributed by atoms with Gasteiger partial charge in [0, 0.05) is 10.8 Å². The first-order valence-corrected chi connectivity index (χ1v) is 6.14. The molecular weight excluding hydrogens is 245 g/mol. The highest BCUT2D eigenvalue weighted by Gasteiger charge is 2.41. The predicted octanol–water partition coefficient (Wildman–Crippen LogP) is 4.15. The average Bonchev–Trinajstić information content (AvgIpc) is 2.58. The molecule has 1 aliphatic rings. The maximum absolute atomic E-state index is 12.5. The molecule has 1 aromatic rings. The molecule has 0 N–H and O–H groups in total. The van der Waals surface area contributed by atoms with Gasteiger partial charge in [-0.2, -0.15) is 13.2 Å². The van der Waals surface area contributed by atoms with E-state index in [0.29, 0.717) is 12.3 Å². The summed E-state index contributed by atoms with van der Waals surface area (Å²) in [5.74, 6) is -0.755. The van der Waals surface area contributed by atoms with E-state index in [2.05, 4.69) is 0 Å². The summed E-state index contributed by atoms with van der Waals surface area (Å²) in [6.45, 7) is 0. The highest BCUT2D eigenvalue weighted by Crippen LogP contribution is 2.40. The molecule has 0 bridgehead atoms. The van der Waals surface area contributed by atoms with Gasteiger partial charge < -0.3 is 0 Å². The van der Waals surface area contributed by atoms with Crippen LogP contribution in [0, 0.1) is 5.92 Å². The van der Waals surface area contributed by atoms with Gasteiger partial charge in [0.1, 0.15) is 0 Å². The van der Waals surface area contributed by atoms with E-state index in [0.717, 1.165) is 16.0 Å². The number of thiophene rings is 1. The second-order valence-electron chi connectivity index (χ2n) is 3.78. The molecule has 1 atom stereocenters. The molecule has 1 unspecified atom stereocenters. The first-order chi connectivity index (χ1) is 7.02. The van der Waals surface area contributed by atoms with Gasteiger partial charge in [-0.3, -0.25) is 0 Å². The number of hydrogen-bond acceptors (Lipinski definition) is 1. The summed E-state index contributed by atoms with van der Waals surface area (Å²) in [5, 5.41) is 1.89. The van der Waals surface area contributed by atoms with Gasteiger partial charge in [0.15, 0.2) is 0 Å². The number of alkyl halides is 4. The summed E-state index contributed by atoms with van der Waals surface area (Å²) in [6, 6.07) is 0. The Hall–Kier alpha value is -0.220. The Kier molecular flexibility index (Phi) is 2.99. The SMILES string of the molecule is FC(F)(F)C1CCc2c(CCl)csc2C1. The van der Waals surface area contributed by atoms with Crippen LogP contribution in [0.4, 0.5) is 13.2 Å². The molecule has 2 rings (SSSR count). The van der Waals surface area contributed by atoms with Gasteiger partial charge in [0.2, 0.25) is 0 Å². The topological polar surface area (TPSA) is 0 Å². The fourth-order valence-corrected chi connectivity index (χ4v) is 3.48. The minimum Gasteiger partial charge on any atom is -0.171 e. The molecule has 84 valence electrons. The monoisotopic (exact) mass is 254 g/mol. The van der Waals surface area contributed by atoms with Crippen LogP contribution < -0.4 is 0 Å². The van der Waals surface area contributed by atoms with Gasteiger partial charge in [-0.15, -0.1) is 22.9 Å². The second-order valence-corrected chi connectivity index (χ2v) is 5.01. The number of fused-ring (bicyclic) bond motifs is 1. The minimum atomic E-state index is -4.05. The van der Waals surface area contributed by atoms with E-state index < -0.39 is 12.1 Å². The van der Waals surface area contributed by atoms with Crippen molar-refractivity contribution in [2.75, 3.05) is 0 Å². The zero-order valence-corrected chi connectivity index (χ0v) is 9.48. The normalized spacial score (nSPS) is 21.5. The van der Waals surface area contributed by atoms with E-state index >= 15 is 0 Å². The van der Waals surface area contributed by atoms with Crippen molar-refractivity contribution in [2.24, 2.45) is 5.92 Å². The lowest BCUT2D eigenvalue weighted by Gasteiger charge is -2.24. The fourth-order valence-electron chi connectivity index (χ4n) is 1.97. The minimum absolute atomic E-state index is 0.139. The van der Waals surface area contributed by atoms with Crippen molar-refractivity contribution in [2.45, 2.75) is 31.3 Å². The largest absolute Gasteiger partial charge is 0.392 e. The van der Waals surface area contributed by atoms with Crippen molar-refractivity contribution in [3.8, 4) is 0 Å². The smallest absolute Gasteiger partial charge is 0.171 e. The molecule has 0 aromatic carbocycles. The van der Waals surface area contributed by atoms with Crippen LogP contribution >= 0.6 is 22.9 Å². The molecule has 0 saturated heterocycles. The van der Waals surface area contributed by atoms with Crippen molar-refractivity contribution in [1.29, 1.82) is 0 Å². The third-order valence-corrected chi connectivity index (χ3v) is 4.24. The predicted molar refractivity (Wildman–Crippen MR) is 55.4 cm³/mol. The molecule has 1 aliphatic carbocycles. The molecule has 0 fully saturated rings. The summed E-state index contributed by atoms with van der Waals surface area (Å²) >= 11 is 7.13. The van der Waals surface area contributed by atoms with Crippen LogP contribution in [-0.4, -0.2) is 6.18 Å². The van der Waals surface area contributed by atoms with E-state index in [1.807, 2.05) is 5.38 Å². The first-order valence-electron chi connectivity index (χ1n) is 4.73. The van der Waals surface area contributed by atoms with E-state index in [1.54, 1.807) is 0 Å². The van der Waals surface area contributed by atoms with E-state index in [9.17, 15) is 13.2 Å². The average molecular weight is 255 g/mol. The lowest BCUT2D eigenvalue weighted by atomic mass is 9.87. The van der Waals surface area contributed by atoms with Gasteiger partial charge >= 0.3 is 6.18 Å². The van der Waals surface area contributed by atoms with Gasteiger partial charge in [0.05, 0.1) is 5.92 Å². The van der Waals surface area contributed by atoms with Crippen molar-refractivity contribution in [3.63, 3.8) is 0 Å². The fraction of sp³-hybridized carbons (Fsp3) is 0.600. The molecule has 0 amide bonds. The second kappa shape index (κ2) is 3.98. The Morgan fingerprint density at radius 2 is 2.20 bits per heavy atom. The number of rotatable bonds is 1. The molecule has 1 heterocycles. The van der Waals surface area contributed by atoms with Crippen molar-refractivity contribution in [3.05, 3.63) is 21.4 Å².